The van der Waals surface area contributed by atoms with Gasteiger partial charge >= 0.3 is 5.97 Å². The van der Waals surface area contributed by atoms with Gasteiger partial charge in [-0.25, -0.2) is 17.9 Å². The van der Waals surface area contributed by atoms with Crippen molar-refractivity contribution < 1.29 is 17.9 Å². The van der Waals surface area contributed by atoms with Gasteiger partial charge in [-0.15, -0.1) is 0 Å². The van der Waals surface area contributed by atoms with E-state index < -0.39 is 16.0 Å². The molecule has 1 atom stereocenters. The Morgan fingerprint density at radius 1 is 1.11 bits per heavy atom. The molecule has 0 aromatic heterocycles. The van der Waals surface area contributed by atoms with Crippen LogP contribution >= 0.6 is 0 Å². The predicted octanol–water partition coefficient (Wildman–Crippen LogP) is 2.73. The topological polar surface area (TPSA) is 75.7 Å². The number of likely N-dealkylation sites (tertiary alicyclic amines) is 1. The first-order valence-corrected chi connectivity index (χ1v) is 11.1. The number of hydrogen-bond acceptors (Lipinski definition) is 5. The summed E-state index contributed by atoms with van der Waals surface area (Å²) in [5.41, 5.74) is 2.39. The summed E-state index contributed by atoms with van der Waals surface area (Å²) in [5, 5.41) is 0. The van der Waals surface area contributed by atoms with E-state index in [0.29, 0.717) is 12.0 Å². The van der Waals surface area contributed by atoms with E-state index in [4.69, 9.17) is 0 Å². The summed E-state index contributed by atoms with van der Waals surface area (Å²) in [4.78, 5) is 13.8. The maximum atomic E-state index is 12.5. The number of ether oxygens (including phenoxy) is 1. The minimum absolute atomic E-state index is 0.0727. The van der Waals surface area contributed by atoms with Crippen molar-refractivity contribution in [1.82, 2.24) is 9.62 Å². The summed E-state index contributed by atoms with van der Waals surface area (Å²) in [5.74, 6) is -0.339. The lowest BCUT2D eigenvalue weighted by atomic mass is 9.99. The fourth-order valence-corrected chi connectivity index (χ4v) is 4.36. The van der Waals surface area contributed by atoms with Crippen LogP contribution in [0.25, 0.3) is 0 Å². The lowest BCUT2D eigenvalue weighted by Gasteiger charge is -2.38. The van der Waals surface area contributed by atoms with Crippen molar-refractivity contribution in [3.8, 4) is 0 Å². The first-order valence-electron chi connectivity index (χ1n) is 9.42. The highest BCUT2D eigenvalue weighted by Crippen LogP contribution is 2.28. The molecule has 1 heterocycles. The summed E-state index contributed by atoms with van der Waals surface area (Å²) < 4.78 is 32.3. The largest absolute Gasteiger partial charge is 0.465 e. The van der Waals surface area contributed by atoms with Crippen LogP contribution in [-0.4, -0.2) is 45.2 Å². The van der Waals surface area contributed by atoms with Gasteiger partial charge in [0.25, 0.3) is 0 Å². The fraction of sp³-hybridized carbons (Fsp3) is 0.381. The molecule has 2 aromatic carbocycles. The second-order valence-corrected chi connectivity index (χ2v) is 8.86. The van der Waals surface area contributed by atoms with Crippen molar-refractivity contribution in [2.24, 2.45) is 0 Å². The first-order chi connectivity index (χ1) is 13.5. The molecule has 1 unspecified atom stereocenters. The van der Waals surface area contributed by atoms with Crippen LogP contribution in [0.15, 0.2) is 54.6 Å². The molecule has 1 N–H and O–H groups in total. The van der Waals surface area contributed by atoms with E-state index >= 15 is 0 Å². The maximum Gasteiger partial charge on any atom is 0.337 e. The molecule has 1 saturated heterocycles. The Bertz CT molecular complexity index is 878. The minimum Gasteiger partial charge on any atom is -0.465 e. The second-order valence-electron chi connectivity index (χ2n) is 6.93. The highest BCUT2D eigenvalue weighted by Gasteiger charge is 2.26. The average molecular weight is 403 g/mol. The highest BCUT2D eigenvalue weighted by molar-refractivity contribution is 7.89. The van der Waals surface area contributed by atoms with E-state index in [2.05, 4.69) is 26.5 Å². The third-order valence-corrected chi connectivity index (χ3v) is 6.40. The van der Waals surface area contributed by atoms with E-state index in [-0.39, 0.29) is 18.3 Å². The summed E-state index contributed by atoms with van der Waals surface area (Å²) in [6.45, 7) is 2.22. The Labute approximate surface area is 166 Å². The predicted molar refractivity (Wildman–Crippen MR) is 108 cm³/mol. The van der Waals surface area contributed by atoms with Gasteiger partial charge in [0.15, 0.2) is 0 Å². The Kier molecular flexibility index (Phi) is 6.83. The molecule has 150 valence electrons. The van der Waals surface area contributed by atoms with Gasteiger partial charge in [0, 0.05) is 12.6 Å². The summed E-state index contributed by atoms with van der Waals surface area (Å²) in [7, 11) is -2.07. The number of hydrogen-bond donors (Lipinski definition) is 1. The van der Waals surface area contributed by atoms with Crippen LogP contribution in [0.4, 0.5) is 0 Å². The quantitative estimate of drug-likeness (QED) is 0.653. The molecule has 2 aromatic rings. The van der Waals surface area contributed by atoms with Crippen LogP contribution in [0.5, 0.6) is 0 Å². The number of carbonyl (C=O) groups excluding carboxylic acids is 1. The van der Waals surface area contributed by atoms with Gasteiger partial charge in [-0.3, -0.25) is 4.90 Å². The standard InChI is InChI=1S/C21H26N2O4S/c1-27-21(24)19-10-8-17(9-11-19)16-22-28(25,26)15-12-20(23-13-5-14-23)18-6-3-2-4-7-18/h2-4,6-11,20,22H,5,12-16H2,1H3. The van der Waals surface area contributed by atoms with Gasteiger partial charge in [-0.1, -0.05) is 42.5 Å². The Balaban J connectivity index is 1.56. The normalized spacial score (nSPS) is 15.6. The number of nitrogens with one attached hydrogen (secondary N) is 1. The molecule has 28 heavy (non-hydrogen) atoms. The third kappa shape index (κ3) is 5.41. The molecule has 1 fully saturated rings. The van der Waals surface area contributed by atoms with Crippen molar-refractivity contribution in [1.29, 1.82) is 0 Å². The molecule has 0 spiro atoms. The van der Waals surface area contributed by atoms with Gasteiger partial charge in [-0.05, 0) is 49.2 Å². The van der Waals surface area contributed by atoms with Crippen molar-refractivity contribution in [2.45, 2.75) is 25.4 Å². The summed E-state index contributed by atoms with van der Waals surface area (Å²) in [6, 6.07) is 16.9. The second kappa shape index (κ2) is 9.32. The van der Waals surface area contributed by atoms with E-state index in [1.165, 1.54) is 7.11 Å². The average Bonchev–Trinajstić information content (AvgIpc) is 2.68. The van der Waals surface area contributed by atoms with Crippen LogP contribution in [0.3, 0.4) is 0 Å². The molecular formula is C21H26N2O4S. The molecule has 7 heteroatoms. The summed E-state index contributed by atoms with van der Waals surface area (Å²) >= 11 is 0. The number of methoxy groups -OCH3 is 1. The van der Waals surface area contributed by atoms with Crippen molar-refractivity contribution in [3.63, 3.8) is 0 Å². The van der Waals surface area contributed by atoms with E-state index in [9.17, 15) is 13.2 Å². The Hall–Kier alpha value is -2.22. The Morgan fingerprint density at radius 2 is 1.79 bits per heavy atom. The molecule has 6 nitrogen and oxygen atoms in total. The monoisotopic (exact) mass is 402 g/mol. The number of benzene rings is 2. The van der Waals surface area contributed by atoms with Crippen molar-refractivity contribution >= 4 is 16.0 Å². The molecule has 0 bridgehead atoms. The van der Waals surface area contributed by atoms with Crippen LogP contribution in [0.1, 0.15) is 40.4 Å². The first kappa shape index (κ1) is 20.5. The molecule has 0 amide bonds. The summed E-state index contributed by atoms with van der Waals surface area (Å²) in [6.07, 6.45) is 1.72. The van der Waals surface area contributed by atoms with E-state index in [1.54, 1.807) is 24.3 Å². The highest BCUT2D eigenvalue weighted by atomic mass is 32.2. The molecule has 0 saturated carbocycles. The lowest BCUT2D eigenvalue weighted by molar-refractivity contribution is 0.0600. The van der Waals surface area contributed by atoms with Gasteiger partial charge < -0.3 is 4.74 Å². The zero-order chi connectivity index (χ0) is 20.0. The molecule has 1 aliphatic heterocycles. The smallest absolute Gasteiger partial charge is 0.337 e. The van der Waals surface area contributed by atoms with Crippen LogP contribution in [-0.2, 0) is 21.3 Å². The maximum absolute atomic E-state index is 12.5. The molecule has 1 aliphatic rings. The number of sulfonamides is 1. The molecule has 3 rings (SSSR count). The van der Waals surface area contributed by atoms with Crippen molar-refractivity contribution in [2.75, 3.05) is 26.0 Å². The van der Waals surface area contributed by atoms with Gasteiger partial charge in [0.2, 0.25) is 10.0 Å². The SMILES string of the molecule is COC(=O)c1ccc(CNS(=O)(=O)CCC(c2ccccc2)N2CCC2)cc1. The minimum atomic E-state index is -3.40. The van der Waals surface area contributed by atoms with E-state index in [1.807, 2.05) is 18.2 Å². The number of rotatable bonds is 9. The van der Waals surface area contributed by atoms with E-state index in [0.717, 1.165) is 30.6 Å². The van der Waals surface area contributed by atoms with Crippen LogP contribution in [0, 0.1) is 0 Å². The molecule has 0 aliphatic carbocycles. The molecule has 0 radical (unpaired) electrons. The van der Waals surface area contributed by atoms with Crippen LogP contribution in [0.2, 0.25) is 0 Å². The van der Waals surface area contributed by atoms with Crippen LogP contribution < -0.4 is 4.72 Å². The zero-order valence-corrected chi connectivity index (χ0v) is 16.8. The van der Waals surface area contributed by atoms with Gasteiger partial charge in [-0.2, -0.15) is 0 Å². The number of nitrogens with zero attached hydrogens (tertiary/aromatic N) is 1. The fourth-order valence-electron chi connectivity index (χ4n) is 3.30. The molecular weight excluding hydrogens is 376 g/mol. The van der Waals surface area contributed by atoms with Gasteiger partial charge in [0.05, 0.1) is 18.4 Å². The third-order valence-electron chi connectivity index (χ3n) is 5.05. The number of esters is 1. The number of carbonyl (C=O) groups is 1. The van der Waals surface area contributed by atoms with Gasteiger partial charge in [0.1, 0.15) is 0 Å². The lowest BCUT2D eigenvalue weighted by Crippen LogP contribution is -2.41. The Morgan fingerprint density at radius 3 is 2.36 bits per heavy atom. The van der Waals surface area contributed by atoms with Crippen molar-refractivity contribution in [3.05, 3.63) is 71.3 Å². The zero-order valence-electron chi connectivity index (χ0n) is 16.0.